The van der Waals surface area contributed by atoms with E-state index in [4.69, 9.17) is 0 Å². The zero-order chi connectivity index (χ0) is 27.2. The Morgan fingerprint density at radius 1 is 0.816 bits per heavy atom. The molecule has 1 saturated heterocycles. The molecule has 0 bridgehead atoms. The van der Waals surface area contributed by atoms with Gasteiger partial charge in [-0.25, -0.2) is 17.6 Å². The number of Topliss-reactive ketones (excluding diaryl/α,β-unsaturated/α-hetero) is 1. The third kappa shape index (κ3) is 6.83. The average Bonchev–Trinajstić information content (AvgIpc) is 2.89. The summed E-state index contributed by atoms with van der Waals surface area (Å²) in [6.45, 7) is 1.10. The molecule has 0 saturated carbocycles. The number of carbonyl (C=O) groups is 2. The molecule has 1 aliphatic rings. The van der Waals surface area contributed by atoms with Crippen LogP contribution in [-0.2, 0) is 16.1 Å². The Morgan fingerprint density at radius 3 is 1.84 bits per heavy atom. The van der Waals surface area contributed by atoms with Crippen LogP contribution in [0.5, 0.6) is 0 Å². The van der Waals surface area contributed by atoms with E-state index in [0.29, 0.717) is 13.1 Å². The van der Waals surface area contributed by atoms with Crippen LogP contribution in [0, 0.1) is 23.3 Å². The lowest BCUT2D eigenvalue weighted by Gasteiger charge is -2.30. The molecule has 4 rings (SSSR count). The van der Waals surface area contributed by atoms with Crippen molar-refractivity contribution in [3.05, 3.63) is 118 Å². The van der Waals surface area contributed by atoms with Crippen molar-refractivity contribution in [2.45, 2.75) is 13.0 Å². The van der Waals surface area contributed by atoms with E-state index in [-0.39, 0.29) is 47.7 Å². The zero-order valence-electron chi connectivity index (χ0n) is 20.8. The lowest BCUT2D eigenvalue weighted by atomic mass is 9.94. The molecule has 0 aliphatic carbocycles. The van der Waals surface area contributed by atoms with Gasteiger partial charge in [-0.3, -0.25) is 9.59 Å². The molecule has 1 fully saturated rings. The Morgan fingerprint density at radius 2 is 1.34 bits per heavy atom. The number of hydrogen-bond acceptors (Lipinski definition) is 3. The number of ketones is 1. The van der Waals surface area contributed by atoms with E-state index in [1.807, 2.05) is 42.3 Å². The highest BCUT2D eigenvalue weighted by Crippen LogP contribution is 2.24. The number of piperidine rings is 1. The molecule has 0 unspecified atom stereocenters. The summed E-state index contributed by atoms with van der Waals surface area (Å²) >= 11 is 0. The van der Waals surface area contributed by atoms with Crippen LogP contribution < -0.4 is 0 Å². The fourth-order valence-electron chi connectivity index (χ4n) is 4.24. The molecule has 8 heteroatoms. The minimum absolute atomic E-state index is 0.0197. The third-order valence-electron chi connectivity index (χ3n) is 6.23. The fraction of sp³-hybridized carbons (Fsp3) is 0.200. The maximum absolute atomic E-state index is 13.8. The molecule has 0 N–H and O–H groups in total. The van der Waals surface area contributed by atoms with Gasteiger partial charge in [0.1, 0.15) is 0 Å². The second-order valence-corrected chi connectivity index (χ2v) is 9.24. The van der Waals surface area contributed by atoms with Crippen LogP contribution in [0.3, 0.4) is 0 Å². The first-order chi connectivity index (χ1) is 18.2. The maximum atomic E-state index is 13.8. The molecule has 4 nitrogen and oxygen atoms in total. The highest BCUT2D eigenvalue weighted by molar-refractivity contribution is 6.15. The number of nitrogens with zero attached hydrogens (tertiary/aromatic N) is 2. The van der Waals surface area contributed by atoms with E-state index in [1.54, 1.807) is 0 Å². The van der Waals surface area contributed by atoms with Crippen molar-refractivity contribution in [3.8, 4) is 0 Å². The van der Waals surface area contributed by atoms with Gasteiger partial charge in [-0.1, -0.05) is 42.5 Å². The third-order valence-corrected chi connectivity index (χ3v) is 6.23. The SMILES string of the molecule is CN(CCC(=O)N1CC(=Cc2ccc(F)c(F)c2)C(=O)C(=Cc2ccc(F)c(F)c2)C1)Cc1ccccc1. The van der Waals surface area contributed by atoms with Gasteiger partial charge < -0.3 is 9.80 Å². The zero-order valence-corrected chi connectivity index (χ0v) is 20.8. The summed E-state index contributed by atoms with van der Waals surface area (Å²) in [6, 6.07) is 16.3. The summed E-state index contributed by atoms with van der Waals surface area (Å²) in [5.74, 6) is -4.77. The van der Waals surface area contributed by atoms with Gasteiger partial charge in [-0.15, -0.1) is 0 Å². The van der Waals surface area contributed by atoms with Crippen molar-refractivity contribution in [3.63, 3.8) is 0 Å². The summed E-state index contributed by atoms with van der Waals surface area (Å²) in [5.41, 5.74) is 2.02. The summed E-state index contributed by atoms with van der Waals surface area (Å²) in [5, 5.41) is 0. The van der Waals surface area contributed by atoms with Gasteiger partial charge in [0.15, 0.2) is 29.1 Å². The lowest BCUT2D eigenvalue weighted by molar-refractivity contribution is -0.131. The number of carbonyl (C=O) groups excluding carboxylic acids is 2. The molecule has 3 aromatic rings. The topological polar surface area (TPSA) is 40.6 Å². The van der Waals surface area contributed by atoms with Crippen molar-refractivity contribution in [2.75, 3.05) is 26.7 Å². The normalized spacial score (nSPS) is 16.1. The molecule has 1 aliphatic heterocycles. The van der Waals surface area contributed by atoms with Crippen LogP contribution in [0.2, 0.25) is 0 Å². The summed E-state index contributed by atoms with van der Waals surface area (Å²) in [4.78, 5) is 29.9. The summed E-state index contributed by atoms with van der Waals surface area (Å²) in [7, 11) is 1.91. The number of likely N-dealkylation sites (tertiary alicyclic amines) is 1. The van der Waals surface area contributed by atoms with Gasteiger partial charge in [0.25, 0.3) is 0 Å². The van der Waals surface area contributed by atoms with Gasteiger partial charge >= 0.3 is 0 Å². The molecule has 0 radical (unpaired) electrons. The molecule has 3 aromatic carbocycles. The number of amides is 1. The quantitative estimate of drug-likeness (QED) is 0.298. The number of hydrogen-bond donors (Lipinski definition) is 0. The van der Waals surface area contributed by atoms with Crippen molar-refractivity contribution in [1.82, 2.24) is 9.80 Å². The van der Waals surface area contributed by atoms with Crippen LogP contribution in [0.25, 0.3) is 12.2 Å². The van der Waals surface area contributed by atoms with Crippen LogP contribution in [0.1, 0.15) is 23.1 Å². The first kappa shape index (κ1) is 27.0. The smallest absolute Gasteiger partial charge is 0.224 e. The molecular weight excluding hydrogens is 496 g/mol. The first-order valence-corrected chi connectivity index (χ1v) is 12.1. The molecule has 0 spiro atoms. The van der Waals surface area contributed by atoms with Crippen molar-refractivity contribution in [1.29, 1.82) is 0 Å². The fourth-order valence-corrected chi connectivity index (χ4v) is 4.24. The minimum Gasteiger partial charge on any atom is -0.334 e. The lowest BCUT2D eigenvalue weighted by Crippen LogP contribution is -2.42. The van der Waals surface area contributed by atoms with E-state index < -0.39 is 29.1 Å². The maximum Gasteiger partial charge on any atom is 0.224 e. The Kier molecular flexibility index (Phi) is 8.53. The van der Waals surface area contributed by atoms with E-state index >= 15 is 0 Å². The summed E-state index contributed by atoms with van der Waals surface area (Å²) in [6.07, 6.45) is 3.00. The van der Waals surface area contributed by atoms with Gasteiger partial charge in [0, 0.05) is 43.7 Å². The number of rotatable bonds is 7. The van der Waals surface area contributed by atoms with E-state index in [0.717, 1.165) is 29.8 Å². The predicted octanol–water partition coefficient (Wildman–Crippen LogP) is 5.64. The average molecular weight is 523 g/mol. The van der Waals surface area contributed by atoms with Crippen LogP contribution >= 0.6 is 0 Å². The Bertz CT molecular complexity index is 1330. The van der Waals surface area contributed by atoms with Gasteiger partial charge in [-0.05, 0) is 60.2 Å². The van der Waals surface area contributed by atoms with Crippen molar-refractivity contribution < 1.29 is 27.2 Å². The first-order valence-electron chi connectivity index (χ1n) is 12.1. The second kappa shape index (κ2) is 12.0. The van der Waals surface area contributed by atoms with Crippen LogP contribution in [0.15, 0.2) is 77.9 Å². The standard InChI is InChI=1S/C30H26F4N2O2/c1-35(17-20-5-3-2-4-6-20)12-11-29(37)36-18-23(13-21-7-9-25(31)27(33)15-21)30(38)24(19-36)14-22-8-10-26(32)28(34)16-22/h2-10,13-16H,11-12,17-19H2,1H3. The summed E-state index contributed by atoms with van der Waals surface area (Å²) < 4.78 is 54.3. The van der Waals surface area contributed by atoms with E-state index in [9.17, 15) is 27.2 Å². The van der Waals surface area contributed by atoms with Crippen molar-refractivity contribution >= 4 is 23.8 Å². The second-order valence-electron chi connectivity index (χ2n) is 9.24. The van der Waals surface area contributed by atoms with Crippen molar-refractivity contribution in [2.24, 2.45) is 0 Å². The van der Waals surface area contributed by atoms with Crippen LogP contribution in [-0.4, -0.2) is 48.2 Å². The number of benzene rings is 3. The molecule has 196 valence electrons. The minimum atomic E-state index is -1.06. The molecule has 1 amide bonds. The van der Waals surface area contributed by atoms with Gasteiger partial charge in [0.05, 0.1) is 0 Å². The van der Waals surface area contributed by atoms with Gasteiger partial charge in [0.2, 0.25) is 5.91 Å². The molecule has 1 heterocycles. The molecule has 0 aromatic heterocycles. The van der Waals surface area contributed by atoms with Gasteiger partial charge in [-0.2, -0.15) is 0 Å². The largest absolute Gasteiger partial charge is 0.334 e. The predicted molar refractivity (Wildman–Crippen MR) is 138 cm³/mol. The molecular formula is C30H26F4N2O2. The molecule has 0 atom stereocenters. The molecule has 38 heavy (non-hydrogen) atoms. The highest BCUT2D eigenvalue weighted by Gasteiger charge is 2.29. The van der Waals surface area contributed by atoms with E-state index in [2.05, 4.69) is 0 Å². The monoisotopic (exact) mass is 522 g/mol. The Balaban J connectivity index is 1.56. The number of halogens is 4. The van der Waals surface area contributed by atoms with Crippen LogP contribution in [0.4, 0.5) is 17.6 Å². The van der Waals surface area contributed by atoms with E-state index in [1.165, 1.54) is 29.2 Å². The highest BCUT2D eigenvalue weighted by atomic mass is 19.2. The Labute approximate surface area is 218 Å². The Hall–Kier alpha value is -4.04.